The van der Waals surface area contributed by atoms with Crippen LogP contribution in [0.4, 0.5) is 0 Å². The zero-order valence-corrected chi connectivity index (χ0v) is 18.0. The molecule has 6 heteroatoms. The van der Waals surface area contributed by atoms with E-state index >= 15 is 0 Å². The molecule has 1 aromatic carbocycles. The van der Waals surface area contributed by atoms with E-state index in [2.05, 4.69) is 22.3 Å². The Morgan fingerprint density at radius 1 is 1.19 bits per heavy atom. The number of benzene rings is 1. The molecule has 0 saturated carbocycles. The average molecular weight is 409 g/mol. The molecule has 0 bridgehead atoms. The number of ether oxygens (including phenoxy) is 1. The molecule has 2 saturated heterocycles. The molecule has 2 heterocycles. The van der Waals surface area contributed by atoms with Crippen molar-refractivity contribution in [3.8, 4) is 5.75 Å². The Kier molecular flexibility index (Phi) is 8.68. The third-order valence-electron chi connectivity index (χ3n) is 5.43. The van der Waals surface area contributed by atoms with Gasteiger partial charge in [0.05, 0.1) is 7.11 Å². The lowest BCUT2D eigenvalue weighted by Gasteiger charge is -2.32. The normalized spacial score (nSPS) is 21.3. The molecule has 4 nitrogen and oxygen atoms in total. The maximum Gasteiger partial charge on any atom is 0.220 e. The first-order valence-corrected chi connectivity index (χ1v) is 12.5. The number of carbonyl (C=O) groups is 1. The van der Waals surface area contributed by atoms with Crippen LogP contribution >= 0.6 is 21.6 Å². The Balaban J connectivity index is 1.27. The van der Waals surface area contributed by atoms with Crippen LogP contribution in [-0.2, 0) is 11.3 Å². The second-order valence-corrected chi connectivity index (χ2v) is 10.3. The van der Waals surface area contributed by atoms with Crippen molar-refractivity contribution in [3.05, 3.63) is 29.8 Å². The van der Waals surface area contributed by atoms with Gasteiger partial charge in [-0.25, -0.2) is 0 Å². The Bertz CT molecular complexity index is 568. The molecule has 2 fully saturated rings. The smallest absolute Gasteiger partial charge is 0.220 e. The molecule has 1 atom stereocenters. The number of amides is 1. The van der Waals surface area contributed by atoms with Gasteiger partial charge in [-0.15, -0.1) is 0 Å². The minimum atomic E-state index is 0.247. The highest BCUT2D eigenvalue weighted by Gasteiger charge is 2.21. The fraction of sp³-hybridized carbons (Fsp3) is 0.667. The van der Waals surface area contributed by atoms with Gasteiger partial charge in [-0.1, -0.05) is 40.1 Å². The summed E-state index contributed by atoms with van der Waals surface area (Å²) in [6, 6.07) is 8.66. The molecule has 27 heavy (non-hydrogen) atoms. The molecular formula is C21H32N2O2S2. The van der Waals surface area contributed by atoms with Crippen molar-refractivity contribution in [2.24, 2.45) is 0 Å². The van der Waals surface area contributed by atoms with Crippen molar-refractivity contribution < 1.29 is 9.53 Å². The van der Waals surface area contributed by atoms with E-state index in [0.717, 1.165) is 49.9 Å². The predicted octanol–water partition coefficient (Wildman–Crippen LogP) is 4.49. The molecule has 0 spiro atoms. The minimum Gasteiger partial charge on any atom is -0.497 e. The van der Waals surface area contributed by atoms with Crippen LogP contribution in [0.1, 0.15) is 50.5 Å². The van der Waals surface area contributed by atoms with Crippen LogP contribution in [0, 0.1) is 0 Å². The van der Waals surface area contributed by atoms with Gasteiger partial charge in [0.1, 0.15) is 5.75 Å². The molecule has 0 aliphatic carbocycles. The van der Waals surface area contributed by atoms with Gasteiger partial charge in [0.15, 0.2) is 0 Å². The number of piperidine rings is 1. The number of unbranched alkanes of at least 4 members (excludes halogenated alkanes) is 1. The molecule has 1 aromatic rings. The van der Waals surface area contributed by atoms with Crippen LogP contribution < -0.4 is 10.1 Å². The van der Waals surface area contributed by atoms with Crippen molar-refractivity contribution in [1.29, 1.82) is 0 Å². The van der Waals surface area contributed by atoms with Gasteiger partial charge in [-0.3, -0.25) is 9.69 Å². The molecule has 1 amide bonds. The van der Waals surface area contributed by atoms with Crippen LogP contribution in [0.5, 0.6) is 5.75 Å². The average Bonchev–Trinajstić information content (AvgIpc) is 3.21. The Morgan fingerprint density at radius 2 is 1.96 bits per heavy atom. The number of likely N-dealkylation sites (tertiary alicyclic amines) is 1. The summed E-state index contributed by atoms with van der Waals surface area (Å²) in [6.45, 7) is 3.07. The number of nitrogens with zero attached hydrogens (tertiary/aromatic N) is 1. The van der Waals surface area contributed by atoms with E-state index in [1.165, 1.54) is 30.6 Å². The fourth-order valence-electron chi connectivity index (χ4n) is 3.75. The number of methoxy groups -OCH3 is 1. The Morgan fingerprint density at radius 3 is 2.63 bits per heavy atom. The zero-order chi connectivity index (χ0) is 18.9. The highest BCUT2D eigenvalue weighted by Crippen LogP contribution is 2.39. The van der Waals surface area contributed by atoms with Gasteiger partial charge in [-0.05, 0) is 49.8 Å². The van der Waals surface area contributed by atoms with Crippen LogP contribution in [-0.4, -0.2) is 48.1 Å². The molecule has 0 radical (unpaired) electrons. The van der Waals surface area contributed by atoms with Gasteiger partial charge < -0.3 is 10.1 Å². The van der Waals surface area contributed by atoms with Gasteiger partial charge >= 0.3 is 0 Å². The van der Waals surface area contributed by atoms with Crippen molar-refractivity contribution in [1.82, 2.24) is 10.2 Å². The fourth-order valence-corrected chi connectivity index (χ4v) is 6.77. The number of rotatable bonds is 9. The molecular weight excluding hydrogens is 376 g/mol. The van der Waals surface area contributed by atoms with E-state index in [0.29, 0.717) is 12.5 Å². The van der Waals surface area contributed by atoms with E-state index < -0.39 is 0 Å². The summed E-state index contributed by atoms with van der Waals surface area (Å²) in [4.78, 5) is 14.7. The third-order valence-corrected chi connectivity index (χ3v) is 8.43. The third kappa shape index (κ3) is 7.24. The molecule has 150 valence electrons. The lowest BCUT2D eigenvalue weighted by molar-refractivity contribution is -0.122. The minimum absolute atomic E-state index is 0.247. The molecule has 2 aliphatic heterocycles. The lowest BCUT2D eigenvalue weighted by atomic mass is 10.0. The quantitative estimate of drug-likeness (QED) is 0.482. The van der Waals surface area contributed by atoms with Crippen LogP contribution in [0.3, 0.4) is 0 Å². The van der Waals surface area contributed by atoms with Crippen molar-refractivity contribution >= 4 is 27.5 Å². The van der Waals surface area contributed by atoms with E-state index in [-0.39, 0.29) is 5.91 Å². The van der Waals surface area contributed by atoms with Crippen LogP contribution in [0.15, 0.2) is 24.3 Å². The monoisotopic (exact) mass is 408 g/mol. The first-order chi connectivity index (χ1) is 13.2. The number of hydrogen-bond donors (Lipinski definition) is 1. The van der Waals surface area contributed by atoms with Crippen LogP contribution in [0.2, 0.25) is 0 Å². The summed E-state index contributed by atoms with van der Waals surface area (Å²) < 4.78 is 5.22. The van der Waals surface area contributed by atoms with E-state index in [9.17, 15) is 4.79 Å². The van der Waals surface area contributed by atoms with Crippen molar-refractivity contribution in [3.63, 3.8) is 0 Å². The largest absolute Gasteiger partial charge is 0.497 e. The maximum atomic E-state index is 12.2. The highest BCUT2D eigenvalue weighted by molar-refractivity contribution is 8.77. The first-order valence-electron chi connectivity index (χ1n) is 10.2. The number of carbonyl (C=O) groups excluding carboxylic acids is 1. The molecule has 1 N–H and O–H groups in total. The van der Waals surface area contributed by atoms with Gasteiger partial charge in [-0.2, -0.15) is 0 Å². The summed E-state index contributed by atoms with van der Waals surface area (Å²) in [6.07, 6.45) is 7.63. The van der Waals surface area contributed by atoms with E-state index in [4.69, 9.17) is 4.74 Å². The standard InChI is InChI=1S/C21H32N2O2S2/c1-25-19-8-6-17(7-9-19)16-23-13-10-18(11-14-23)22-21(24)5-3-2-4-20-12-15-26-27-20/h6-9,18,20H,2-5,10-16H2,1H3,(H,22,24). The van der Waals surface area contributed by atoms with Crippen molar-refractivity contribution in [2.75, 3.05) is 26.0 Å². The lowest BCUT2D eigenvalue weighted by Crippen LogP contribution is -2.44. The summed E-state index contributed by atoms with van der Waals surface area (Å²) in [5.74, 6) is 2.45. The first kappa shape index (κ1) is 20.9. The molecule has 1 unspecified atom stereocenters. The second kappa shape index (κ2) is 11.2. The number of hydrogen-bond acceptors (Lipinski definition) is 5. The Labute approximate surface area is 171 Å². The SMILES string of the molecule is COc1ccc(CN2CCC(NC(=O)CCCCC3CCSS3)CC2)cc1. The maximum absolute atomic E-state index is 12.2. The topological polar surface area (TPSA) is 41.6 Å². The molecule has 2 aliphatic rings. The summed E-state index contributed by atoms with van der Waals surface area (Å²) in [5.41, 5.74) is 1.32. The summed E-state index contributed by atoms with van der Waals surface area (Å²) in [5, 5.41) is 4.08. The summed E-state index contributed by atoms with van der Waals surface area (Å²) in [7, 11) is 5.73. The van der Waals surface area contributed by atoms with Gasteiger partial charge in [0.2, 0.25) is 5.91 Å². The van der Waals surface area contributed by atoms with E-state index in [1.54, 1.807) is 7.11 Å². The van der Waals surface area contributed by atoms with E-state index in [1.807, 2.05) is 33.7 Å². The highest BCUT2D eigenvalue weighted by atomic mass is 33.1. The van der Waals surface area contributed by atoms with Gasteiger partial charge in [0, 0.05) is 43.1 Å². The molecule has 3 rings (SSSR count). The Hall–Kier alpha value is -0.850. The van der Waals surface area contributed by atoms with Crippen molar-refractivity contribution in [2.45, 2.75) is 62.8 Å². The van der Waals surface area contributed by atoms with Crippen LogP contribution in [0.25, 0.3) is 0 Å². The predicted molar refractivity (Wildman–Crippen MR) is 116 cm³/mol. The van der Waals surface area contributed by atoms with Gasteiger partial charge in [0.25, 0.3) is 0 Å². The second-order valence-electron chi connectivity index (χ2n) is 7.54. The zero-order valence-electron chi connectivity index (χ0n) is 16.3. The number of nitrogens with one attached hydrogen (secondary N) is 1. The molecule has 0 aromatic heterocycles. The summed E-state index contributed by atoms with van der Waals surface area (Å²) >= 11 is 0.